The van der Waals surface area contributed by atoms with Crippen molar-refractivity contribution in [3.63, 3.8) is 0 Å². The first-order valence-corrected chi connectivity index (χ1v) is 13.7. The van der Waals surface area contributed by atoms with Gasteiger partial charge in [0.15, 0.2) is 10.1 Å². The normalized spacial score (nSPS) is 17.1. The van der Waals surface area contributed by atoms with Gasteiger partial charge >= 0.3 is 0 Å². The number of nitriles is 1. The molecule has 39 heavy (non-hydrogen) atoms. The van der Waals surface area contributed by atoms with Crippen LogP contribution >= 0.6 is 23.1 Å². The number of pyridine rings is 1. The molecule has 2 amide bonds. The van der Waals surface area contributed by atoms with Crippen LogP contribution in [0.4, 0.5) is 10.8 Å². The number of primary amides is 1. The monoisotopic (exact) mass is 558 g/mol. The minimum absolute atomic E-state index is 0.00596. The fourth-order valence-electron chi connectivity index (χ4n) is 4.66. The number of rotatable bonds is 7. The summed E-state index contributed by atoms with van der Waals surface area (Å²) in [6.45, 7) is 0. The first kappa shape index (κ1) is 26.1. The number of carbonyl (C=O) groups is 3. The van der Waals surface area contributed by atoms with Crippen molar-refractivity contribution in [3.8, 4) is 6.07 Å². The Morgan fingerprint density at radius 2 is 2.03 bits per heavy atom. The van der Waals surface area contributed by atoms with E-state index in [4.69, 9.17) is 11.5 Å². The number of allylic oxidation sites excluding steroid dienone is 3. The summed E-state index contributed by atoms with van der Waals surface area (Å²) in [5, 5.41) is 21.6. The van der Waals surface area contributed by atoms with Gasteiger partial charge in [0, 0.05) is 30.1 Å². The van der Waals surface area contributed by atoms with Crippen molar-refractivity contribution in [1.82, 2.24) is 15.2 Å². The van der Waals surface area contributed by atoms with E-state index in [1.54, 1.807) is 41.6 Å². The van der Waals surface area contributed by atoms with Crippen molar-refractivity contribution in [3.05, 3.63) is 82.6 Å². The van der Waals surface area contributed by atoms with Crippen LogP contribution in [0.1, 0.15) is 41.1 Å². The summed E-state index contributed by atoms with van der Waals surface area (Å²) in [5.74, 6) is -1.44. The number of para-hydroxylation sites is 1. The van der Waals surface area contributed by atoms with Crippen LogP contribution < -0.4 is 21.7 Å². The molecule has 1 atom stereocenters. The Hall–Kier alpha value is -4.54. The summed E-state index contributed by atoms with van der Waals surface area (Å²) < 4.78 is 0.494. The lowest BCUT2D eigenvalue weighted by atomic mass is 9.76. The highest BCUT2D eigenvalue weighted by Crippen LogP contribution is 2.46. The molecule has 0 bridgehead atoms. The van der Waals surface area contributed by atoms with E-state index in [-0.39, 0.29) is 34.4 Å². The lowest BCUT2D eigenvalue weighted by Crippen LogP contribution is -2.38. The molecule has 1 unspecified atom stereocenters. The SMILES string of the molecule is N#CC1=C(N)N(c2nnc(SCC(=O)Nc3ccccc3C(N)=O)s2)C2=C(C(=O)CCC2)C1c1cccnc1. The van der Waals surface area contributed by atoms with Crippen LogP contribution in [0.2, 0.25) is 0 Å². The molecule has 13 heteroatoms. The summed E-state index contributed by atoms with van der Waals surface area (Å²) in [6, 6.07) is 12.3. The van der Waals surface area contributed by atoms with Crippen LogP contribution in [0.15, 0.2) is 75.8 Å². The van der Waals surface area contributed by atoms with Gasteiger partial charge in [-0.3, -0.25) is 24.3 Å². The smallest absolute Gasteiger partial charge is 0.250 e. The molecule has 1 aliphatic carbocycles. The highest BCUT2D eigenvalue weighted by atomic mass is 32.2. The maximum absolute atomic E-state index is 13.2. The van der Waals surface area contributed by atoms with E-state index in [0.29, 0.717) is 45.7 Å². The molecular formula is C26H22N8O3S2. The third kappa shape index (κ3) is 5.12. The molecule has 196 valence electrons. The third-order valence-electron chi connectivity index (χ3n) is 6.31. The van der Waals surface area contributed by atoms with Gasteiger partial charge in [0.2, 0.25) is 11.0 Å². The number of nitrogens with zero attached hydrogens (tertiary/aromatic N) is 5. The number of Topliss-reactive ketones (excluding diaryl/α,β-unsaturated/α-hetero) is 1. The maximum Gasteiger partial charge on any atom is 0.250 e. The fourth-order valence-corrected chi connectivity index (χ4v) is 6.34. The van der Waals surface area contributed by atoms with Gasteiger partial charge in [-0.1, -0.05) is 41.3 Å². The van der Waals surface area contributed by atoms with E-state index < -0.39 is 11.8 Å². The number of aromatic nitrogens is 3. The number of nitrogens with two attached hydrogens (primary N) is 2. The van der Waals surface area contributed by atoms with E-state index in [9.17, 15) is 19.6 Å². The van der Waals surface area contributed by atoms with Crippen molar-refractivity contribution >= 4 is 51.5 Å². The van der Waals surface area contributed by atoms with Gasteiger partial charge in [0.25, 0.3) is 5.91 Å². The molecule has 3 heterocycles. The van der Waals surface area contributed by atoms with E-state index >= 15 is 0 Å². The molecule has 11 nitrogen and oxygen atoms in total. The molecule has 5 N–H and O–H groups in total. The fraction of sp³-hybridized carbons (Fsp3) is 0.192. The predicted molar refractivity (Wildman–Crippen MR) is 146 cm³/mol. The second-order valence-corrected chi connectivity index (χ2v) is 10.9. The minimum Gasteiger partial charge on any atom is -0.384 e. The molecule has 0 radical (unpaired) electrons. The number of carbonyl (C=O) groups excluding carboxylic acids is 3. The van der Waals surface area contributed by atoms with E-state index in [0.717, 1.165) is 17.3 Å². The topological polar surface area (TPSA) is 181 Å². The second-order valence-electron chi connectivity index (χ2n) is 8.70. The summed E-state index contributed by atoms with van der Waals surface area (Å²) in [4.78, 5) is 43.1. The lowest BCUT2D eigenvalue weighted by Gasteiger charge is -2.37. The average molecular weight is 559 g/mol. The predicted octanol–water partition coefficient (Wildman–Crippen LogP) is 3.07. The van der Waals surface area contributed by atoms with Gasteiger partial charge in [0.1, 0.15) is 5.82 Å². The number of hydrogen-bond donors (Lipinski definition) is 3. The lowest BCUT2D eigenvalue weighted by molar-refractivity contribution is -0.116. The quantitative estimate of drug-likeness (QED) is 0.365. The molecular weight excluding hydrogens is 536 g/mol. The molecule has 1 aliphatic heterocycles. The van der Waals surface area contributed by atoms with Gasteiger partial charge in [0.05, 0.1) is 34.6 Å². The van der Waals surface area contributed by atoms with Gasteiger partial charge in [-0.25, -0.2) is 0 Å². The highest BCUT2D eigenvalue weighted by molar-refractivity contribution is 8.01. The molecule has 0 saturated heterocycles. The summed E-state index contributed by atoms with van der Waals surface area (Å²) in [7, 11) is 0. The molecule has 1 aromatic carbocycles. The van der Waals surface area contributed by atoms with Crippen molar-refractivity contribution in [2.45, 2.75) is 29.5 Å². The molecule has 5 rings (SSSR count). The van der Waals surface area contributed by atoms with Crippen molar-refractivity contribution in [2.24, 2.45) is 11.5 Å². The van der Waals surface area contributed by atoms with Crippen molar-refractivity contribution in [1.29, 1.82) is 5.26 Å². The van der Waals surface area contributed by atoms with Crippen LogP contribution in [0, 0.1) is 11.3 Å². The Morgan fingerprint density at radius 1 is 1.21 bits per heavy atom. The highest BCUT2D eigenvalue weighted by Gasteiger charge is 2.41. The van der Waals surface area contributed by atoms with Crippen LogP contribution in [0.3, 0.4) is 0 Å². The molecule has 3 aromatic rings. The van der Waals surface area contributed by atoms with Gasteiger partial charge in [-0.05, 0) is 36.6 Å². The first-order chi connectivity index (χ1) is 18.9. The zero-order valence-corrected chi connectivity index (χ0v) is 22.1. The Kier molecular flexibility index (Phi) is 7.40. The third-order valence-corrected chi connectivity index (χ3v) is 8.35. The molecule has 0 fully saturated rings. The van der Waals surface area contributed by atoms with E-state index in [1.165, 1.54) is 17.4 Å². The molecule has 2 aromatic heterocycles. The van der Waals surface area contributed by atoms with Crippen molar-refractivity contribution < 1.29 is 14.4 Å². The zero-order chi connectivity index (χ0) is 27.5. The van der Waals surface area contributed by atoms with E-state index in [2.05, 4.69) is 26.6 Å². The van der Waals surface area contributed by atoms with Gasteiger partial charge < -0.3 is 16.8 Å². The van der Waals surface area contributed by atoms with Crippen LogP contribution in [-0.4, -0.2) is 38.5 Å². The Balaban J connectivity index is 1.40. The van der Waals surface area contributed by atoms with Crippen LogP contribution in [-0.2, 0) is 9.59 Å². The summed E-state index contributed by atoms with van der Waals surface area (Å²) in [5.41, 5.74) is 14.7. The standard InChI is InChI=1S/C26H22N8O3S2/c27-11-16-21(14-5-4-10-30-12-14)22-18(8-3-9-19(22)35)34(23(16)28)25-32-33-26(39-25)38-13-20(36)31-17-7-2-1-6-15(17)24(29)37/h1-2,4-7,10,12,21H,3,8-9,13,28H2,(H2,29,37)(H,31,36). The summed E-state index contributed by atoms with van der Waals surface area (Å²) >= 11 is 2.36. The average Bonchev–Trinajstić information content (AvgIpc) is 3.40. The first-order valence-electron chi connectivity index (χ1n) is 11.9. The van der Waals surface area contributed by atoms with Crippen LogP contribution in [0.5, 0.6) is 0 Å². The number of amides is 2. The van der Waals surface area contributed by atoms with Gasteiger partial charge in [-0.15, -0.1) is 10.2 Å². The minimum atomic E-state index is -0.642. The number of thioether (sulfide) groups is 1. The number of ketones is 1. The number of nitrogens with one attached hydrogen (secondary N) is 1. The Labute approximate surface area is 231 Å². The Morgan fingerprint density at radius 3 is 2.77 bits per heavy atom. The van der Waals surface area contributed by atoms with E-state index in [1.807, 2.05) is 6.07 Å². The van der Waals surface area contributed by atoms with Crippen molar-refractivity contribution in [2.75, 3.05) is 16.0 Å². The number of benzene rings is 1. The second kappa shape index (κ2) is 11.1. The largest absolute Gasteiger partial charge is 0.384 e. The summed E-state index contributed by atoms with van der Waals surface area (Å²) in [6.07, 6.45) is 4.89. The molecule has 0 saturated carbocycles. The van der Waals surface area contributed by atoms with Crippen LogP contribution in [0.25, 0.3) is 0 Å². The number of hydrogen-bond acceptors (Lipinski definition) is 11. The zero-order valence-electron chi connectivity index (χ0n) is 20.5. The Bertz CT molecular complexity index is 1570. The number of anilines is 2. The van der Waals surface area contributed by atoms with Gasteiger partial charge in [-0.2, -0.15) is 5.26 Å². The molecule has 2 aliphatic rings. The maximum atomic E-state index is 13.2. The molecule has 0 spiro atoms.